The van der Waals surface area contributed by atoms with Crippen molar-refractivity contribution in [1.29, 1.82) is 0 Å². The predicted molar refractivity (Wildman–Crippen MR) is 57.1 cm³/mol. The van der Waals surface area contributed by atoms with E-state index >= 15 is 0 Å². The van der Waals surface area contributed by atoms with Gasteiger partial charge in [-0.1, -0.05) is 0 Å². The molecule has 0 aromatic heterocycles. The first-order valence-corrected chi connectivity index (χ1v) is 4.48. The number of aliphatic imine (C=N–C) groups is 1. The monoisotopic (exact) mass is 218 g/mol. The van der Waals surface area contributed by atoms with Crippen LogP contribution < -0.4 is 27.6 Å². The molecule has 2 amide bonds. The lowest BCUT2D eigenvalue weighted by atomic mass is 10.6. The molecule has 88 valence electrons. The van der Waals surface area contributed by atoms with E-state index in [1.807, 2.05) is 0 Å². The number of ether oxygens (including phenoxy) is 1. The maximum Gasteiger partial charge on any atom is 0.312 e. The van der Waals surface area contributed by atoms with Gasteiger partial charge >= 0.3 is 6.03 Å². The van der Waals surface area contributed by atoms with Gasteiger partial charge in [-0.05, 0) is 0 Å². The van der Waals surface area contributed by atoms with Crippen LogP contribution in [0.2, 0.25) is 0 Å². The summed E-state index contributed by atoms with van der Waals surface area (Å²) in [5, 5.41) is 5.29. The molecule has 0 aromatic carbocycles. The Morgan fingerprint density at radius 2 is 2.07 bits per heavy atom. The van der Waals surface area contributed by atoms with E-state index in [9.17, 15) is 4.79 Å². The summed E-state index contributed by atoms with van der Waals surface area (Å²) in [5.41, 5.74) is 7.26. The molecule has 0 unspecified atom stereocenters. The molecule has 0 aliphatic carbocycles. The van der Waals surface area contributed by atoms with Gasteiger partial charge in [-0.25, -0.2) is 15.6 Å². The lowest BCUT2D eigenvalue weighted by Gasteiger charge is -2.08. The van der Waals surface area contributed by atoms with Crippen LogP contribution in [0.15, 0.2) is 4.99 Å². The number of hydrazine groups is 1. The fourth-order valence-electron chi connectivity index (χ4n) is 0.768. The van der Waals surface area contributed by atoms with Gasteiger partial charge in [0.2, 0.25) is 5.96 Å². The third-order valence-electron chi connectivity index (χ3n) is 1.42. The van der Waals surface area contributed by atoms with E-state index in [4.69, 9.17) is 16.3 Å². The second-order valence-electron chi connectivity index (χ2n) is 2.59. The molecule has 0 aliphatic heterocycles. The number of urea groups is 1. The molecule has 0 aliphatic rings. The van der Waals surface area contributed by atoms with E-state index < -0.39 is 6.03 Å². The van der Waals surface area contributed by atoms with E-state index in [2.05, 4.69) is 21.1 Å². The van der Waals surface area contributed by atoms with Crippen molar-refractivity contribution in [2.24, 2.45) is 16.6 Å². The minimum Gasteiger partial charge on any atom is -0.383 e. The third-order valence-corrected chi connectivity index (χ3v) is 1.42. The first-order chi connectivity index (χ1) is 7.20. The zero-order valence-electron chi connectivity index (χ0n) is 8.75. The minimum absolute atomic E-state index is 0.403. The van der Waals surface area contributed by atoms with E-state index in [1.165, 1.54) is 0 Å². The van der Waals surface area contributed by atoms with E-state index in [1.54, 1.807) is 7.11 Å². The molecule has 0 bridgehead atoms. The molecule has 0 saturated carbocycles. The Morgan fingerprint density at radius 1 is 1.40 bits per heavy atom. The number of hydrogen-bond acceptors (Lipinski definition) is 4. The molecule has 0 heterocycles. The lowest BCUT2D eigenvalue weighted by Crippen LogP contribution is -2.45. The Balaban J connectivity index is 3.60. The van der Waals surface area contributed by atoms with Crippen LogP contribution in [0, 0.1) is 0 Å². The quantitative estimate of drug-likeness (QED) is 0.113. The third kappa shape index (κ3) is 8.78. The van der Waals surface area contributed by atoms with Crippen molar-refractivity contribution >= 4 is 12.0 Å². The van der Waals surface area contributed by atoms with Gasteiger partial charge in [0.1, 0.15) is 0 Å². The van der Waals surface area contributed by atoms with Crippen molar-refractivity contribution in [2.45, 2.75) is 0 Å². The topological polar surface area (TPSA) is 127 Å². The van der Waals surface area contributed by atoms with Crippen LogP contribution in [0.1, 0.15) is 0 Å². The number of carbonyl (C=O) groups is 1. The first-order valence-electron chi connectivity index (χ1n) is 4.48. The number of nitrogens with zero attached hydrogens (tertiary/aromatic N) is 1. The molecule has 8 heteroatoms. The van der Waals surface area contributed by atoms with Gasteiger partial charge < -0.3 is 21.1 Å². The number of nitrogens with one attached hydrogen (secondary N) is 3. The summed E-state index contributed by atoms with van der Waals surface area (Å²) in [6.07, 6.45) is 0. The van der Waals surface area contributed by atoms with Crippen molar-refractivity contribution in [2.75, 3.05) is 33.4 Å². The molecule has 0 spiro atoms. The summed E-state index contributed by atoms with van der Waals surface area (Å²) >= 11 is 0. The summed E-state index contributed by atoms with van der Waals surface area (Å²) in [7, 11) is 1.59. The number of hydrogen-bond donors (Lipinski definition) is 5. The van der Waals surface area contributed by atoms with Crippen LogP contribution in [0.25, 0.3) is 0 Å². The standard InChI is InChI=1S/C7H18N6O2/c1-15-5-4-12-7(13-9)11-3-2-10-6(8)14/h2-5,9H2,1H3,(H3,8,10,14)(H2,11,12,13). The average Bonchev–Trinajstić information content (AvgIpc) is 2.21. The molecule has 0 rings (SSSR count). The predicted octanol–water partition coefficient (Wildman–Crippen LogP) is -2.29. The Hall–Kier alpha value is -1.54. The van der Waals surface area contributed by atoms with E-state index in [0.29, 0.717) is 32.2 Å². The number of nitrogens with two attached hydrogens (primary N) is 2. The van der Waals surface area contributed by atoms with Crippen molar-refractivity contribution in [3.63, 3.8) is 0 Å². The summed E-state index contributed by atoms with van der Waals surface area (Å²) in [5.74, 6) is 5.64. The second kappa shape index (κ2) is 9.03. The Morgan fingerprint density at radius 3 is 2.60 bits per heavy atom. The van der Waals surface area contributed by atoms with Gasteiger partial charge in [0, 0.05) is 20.2 Å². The van der Waals surface area contributed by atoms with E-state index in [0.717, 1.165) is 0 Å². The molecule has 15 heavy (non-hydrogen) atoms. The molecular weight excluding hydrogens is 200 g/mol. The highest BCUT2D eigenvalue weighted by Gasteiger charge is 1.95. The molecule has 7 N–H and O–H groups in total. The first kappa shape index (κ1) is 13.5. The van der Waals surface area contributed by atoms with Gasteiger partial charge in [-0.15, -0.1) is 0 Å². The van der Waals surface area contributed by atoms with Gasteiger partial charge in [0.25, 0.3) is 0 Å². The zero-order chi connectivity index (χ0) is 11.5. The largest absolute Gasteiger partial charge is 0.383 e. The highest BCUT2D eigenvalue weighted by molar-refractivity contribution is 5.79. The summed E-state index contributed by atoms with van der Waals surface area (Å²) in [4.78, 5) is 14.4. The maximum absolute atomic E-state index is 10.3. The van der Waals surface area contributed by atoms with Crippen LogP contribution in [0.3, 0.4) is 0 Å². The number of guanidine groups is 1. The van der Waals surface area contributed by atoms with Gasteiger partial charge in [0.05, 0.1) is 13.2 Å². The zero-order valence-corrected chi connectivity index (χ0v) is 8.75. The average molecular weight is 218 g/mol. The van der Waals surface area contributed by atoms with Crippen molar-refractivity contribution in [1.82, 2.24) is 16.1 Å². The van der Waals surface area contributed by atoms with Crippen LogP contribution in [-0.4, -0.2) is 45.3 Å². The minimum atomic E-state index is -0.560. The van der Waals surface area contributed by atoms with Gasteiger partial charge in [0.15, 0.2) is 0 Å². The van der Waals surface area contributed by atoms with Crippen LogP contribution in [0.5, 0.6) is 0 Å². The van der Waals surface area contributed by atoms with Crippen molar-refractivity contribution in [3.8, 4) is 0 Å². The van der Waals surface area contributed by atoms with Gasteiger partial charge in [-0.2, -0.15) is 0 Å². The maximum atomic E-state index is 10.3. The molecule has 8 nitrogen and oxygen atoms in total. The lowest BCUT2D eigenvalue weighted by molar-refractivity contribution is 0.208. The Kier molecular flexibility index (Phi) is 8.10. The molecule has 0 radical (unpaired) electrons. The molecule has 0 aromatic rings. The fourth-order valence-corrected chi connectivity index (χ4v) is 0.768. The summed E-state index contributed by atoms with van der Waals surface area (Å²) in [6, 6.07) is -0.560. The van der Waals surface area contributed by atoms with Crippen molar-refractivity contribution in [3.05, 3.63) is 0 Å². The molecule has 0 atom stereocenters. The number of rotatable bonds is 6. The highest BCUT2D eigenvalue weighted by atomic mass is 16.5. The number of methoxy groups -OCH3 is 1. The van der Waals surface area contributed by atoms with Crippen LogP contribution in [0.4, 0.5) is 4.79 Å². The van der Waals surface area contributed by atoms with Crippen molar-refractivity contribution < 1.29 is 9.53 Å². The fraction of sp³-hybridized carbons (Fsp3) is 0.714. The van der Waals surface area contributed by atoms with Gasteiger partial charge in [-0.3, -0.25) is 5.43 Å². The summed E-state index contributed by atoms with van der Waals surface area (Å²) < 4.78 is 4.82. The molecule has 0 saturated heterocycles. The smallest absolute Gasteiger partial charge is 0.312 e. The van der Waals surface area contributed by atoms with Crippen LogP contribution >= 0.6 is 0 Å². The molecular formula is C7H18N6O2. The number of amides is 2. The Labute approximate surface area is 88.4 Å². The number of primary amides is 1. The molecule has 0 fully saturated rings. The van der Waals surface area contributed by atoms with E-state index in [-0.39, 0.29) is 0 Å². The summed E-state index contributed by atoms with van der Waals surface area (Å²) in [6.45, 7) is 1.91. The second-order valence-corrected chi connectivity index (χ2v) is 2.59. The normalized spacial score (nSPS) is 10.9. The Bertz CT molecular complexity index is 208. The number of carbonyl (C=O) groups excluding carboxylic acids is 1. The van der Waals surface area contributed by atoms with Crippen LogP contribution in [-0.2, 0) is 4.74 Å². The SMILES string of the molecule is COCCN=C(NN)NCCNC(N)=O. The highest BCUT2D eigenvalue weighted by Crippen LogP contribution is 1.73.